The molecule has 8 heteroatoms. The average Bonchev–Trinajstić information content (AvgIpc) is 2.85. The van der Waals surface area contributed by atoms with Crippen molar-refractivity contribution in [1.29, 1.82) is 0 Å². The third-order valence-electron chi connectivity index (χ3n) is 4.82. The predicted molar refractivity (Wildman–Crippen MR) is 132 cm³/mol. The second kappa shape index (κ2) is 12.0. The highest BCUT2D eigenvalue weighted by Gasteiger charge is 2.12. The molecule has 174 valence electrons. The molecule has 0 saturated heterocycles. The molecule has 0 radical (unpaired) electrons. The largest absolute Gasteiger partial charge is 0.484 e. The van der Waals surface area contributed by atoms with Crippen molar-refractivity contribution in [3.05, 3.63) is 89.5 Å². The first kappa shape index (κ1) is 24.2. The number of ether oxygens (including phenoxy) is 1. The van der Waals surface area contributed by atoms with Gasteiger partial charge in [-0.2, -0.15) is 5.10 Å². The van der Waals surface area contributed by atoms with Crippen molar-refractivity contribution in [3.8, 4) is 5.75 Å². The molecule has 0 aliphatic heterocycles. The molecule has 0 aliphatic carbocycles. The van der Waals surface area contributed by atoms with Gasteiger partial charge in [0, 0.05) is 11.4 Å². The minimum atomic E-state index is -0.882. The second-order valence-electron chi connectivity index (χ2n) is 7.44. The lowest BCUT2D eigenvalue weighted by Gasteiger charge is -2.10. The Labute approximate surface area is 198 Å². The van der Waals surface area contributed by atoms with Crippen molar-refractivity contribution in [1.82, 2.24) is 5.43 Å². The van der Waals surface area contributed by atoms with Gasteiger partial charge in [-0.25, -0.2) is 5.43 Å². The molecule has 3 amide bonds. The van der Waals surface area contributed by atoms with E-state index < -0.39 is 11.8 Å². The zero-order valence-electron chi connectivity index (χ0n) is 19.0. The van der Waals surface area contributed by atoms with Crippen molar-refractivity contribution >= 4 is 35.3 Å². The van der Waals surface area contributed by atoms with E-state index >= 15 is 0 Å². The van der Waals surface area contributed by atoms with E-state index in [1.54, 1.807) is 36.4 Å². The van der Waals surface area contributed by atoms with Crippen LogP contribution in [0.25, 0.3) is 0 Å². The van der Waals surface area contributed by atoms with E-state index in [0.29, 0.717) is 17.0 Å². The summed E-state index contributed by atoms with van der Waals surface area (Å²) in [5, 5.41) is 9.14. The quantitative estimate of drug-likeness (QED) is 0.272. The Morgan fingerprint density at radius 2 is 1.59 bits per heavy atom. The molecule has 3 aromatic rings. The number of benzene rings is 3. The van der Waals surface area contributed by atoms with Crippen LogP contribution < -0.4 is 20.8 Å². The monoisotopic (exact) mass is 458 g/mol. The SMILES string of the molecule is CCc1ccccc1NC(=O)COc1ccc(/C=N\NC(=O)C(=O)Nc2ccc(C)cc2)cc1. The molecule has 8 nitrogen and oxygen atoms in total. The van der Waals surface area contributed by atoms with Gasteiger partial charge >= 0.3 is 11.8 Å². The molecule has 34 heavy (non-hydrogen) atoms. The van der Waals surface area contributed by atoms with E-state index in [9.17, 15) is 14.4 Å². The summed E-state index contributed by atoms with van der Waals surface area (Å²) in [6, 6.07) is 21.5. The van der Waals surface area contributed by atoms with Crippen molar-refractivity contribution in [2.45, 2.75) is 20.3 Å². The fourth-order valence-corrected chi connectivity index (χ4v) is 2.98. The van der Waals surface area contributed by atoms with Gasteiger partial charge in [-0.3, -0.25) is 14.4 Å². The zero-order valence-corrected chi connectivity index (χ0v) is 19.0. The molecule has 0 bridgehead atoms. The van der Waals surface area contributed by atoms with Crippen molar-refractivity contribution in [2.75, 3.05) is 17.2 Å². The van der Waals surface area contributed by atoms with Gasteiger partial charge in [-0.1, -0.05) is 42.8 Å². The fraction of sp³-hybridized carbons (Fsp3) is 0.154. The zero-order chi connectivity index (χ0) is 24.3. The third-order valence-corrected chi connectivity index (χ3v) is 4.82. The molecule has 3 rings (SSSR count). The number of carbonyl (C=O) groups is 3. The Morgan fingerprint density at radius 3 is 2.29 bits per heavy atom. The van der Waals surface area contributed by atoms with Crippen molar-refractivity contribution in [2.24, 2.45) is 5.10 Å². The number of hydrazone groups is 1. The number of anilines is 2. The molecular formula is C26H26N4O4. The first-order valence-electron chi connectivity index (χ1n) is 10.8. The van der Waals surface area contributed by atoms with Gasteiger partial charge in [0.15, 0.2) is 6.61 Å². The van der Waals surface area contributed by atoms with Crippen LogP contribution in [0.2, 0.25) is 0 Å². The third kappa shape index (κ3) is 7.30. The van der Waals surface area contributed by atoms with E-state index in [2.05, 4.69) is 21.2 Å². The minimum Gasteiger partial charge on any atom is -0.484 e. The first-order valence-corrected chi connectivity index (χ1v) is 10.8. The predicted octanol–water partition coefficient (Wildman–Crippen LogP) is 3.66. The molecule has 0 spiro atoms. The summed E-state index contributed by atoms with van der Waals surface area (Å²) in [4.78, 5) is 36.0. The van der Waals surface area contributed by atoms with Crippen molar-refractivity contribution in [3.63, 3.8) is 0 Å². The number of nitrogens with zero attached hydrogens (tertiary/aromatic N) is 1. The molecule has 0 aliphatic rings. The van der Waals surface area contributed by atoms with E-state index in [-0.39, 0.29) is 12.5 Å². The van der Waals surface area contributed by atoms with Crippen LogP contribution in [0.4, 0.5) is 11.4 Å². The fourth-order valence-electron chi connectivity index (χ4n) is 2.98. The van der Waals surface area contributed by atoms with E-state index in [1.165, 1.54) is 6.21 Å². The Kier molecular flexibility index (Phi) is 8.51. The Balaban J connectivity index is 1.43. The lowest BCUT2D eigenvalue weighted by Crippen LogP contribution is -2.32. The Hall–Kier alpha value is -4.46. The summed E-state index contributed by atoms with van der Waals surface area (Å²) >= 11 is 0. The Bertz CT molecular complexity index is 1170. The summed E-state index contributed by atoms with van der Waals surface area (Å²) in [6.07, 6.45) is 2.22. The molecular weight excluding hydrogens is 432 g/mol. The smallest absolute Gasteiger partial charge is 0.329 e. The summed E-state index contributed by atoms with van der Waals surface area (Å²) in [5.74, 6) is -1.44. The van der Waals surface area contributed by atoms with Crippen LogP contribution in [-0.2, 0) is 20.8 Å². The number of carbonyl (C=O) groups excluding carboxylic acids is 3. The van der Waals surface area contributed by atoms with Gasteiger partial charge < -0.3 is 15.4 Å². The maximum Gasteiger partial charge on any atom is 0.329 e. The number of para-hydroxylation sites is 1. The molecule has 0 atom stereocenters. The van der Waals surface area contributed by atoms with Crippen LogP contribution >= 0.6 is 0 Å². The van der Waals surface area contributed by atoms with Crippen LogP contribution in [0.3, 0.4) is 0 Å². The van der Waals surface area contributed by atoms with Gasteiger partial charge in [0.1, 0.15) is 5.75 Å². The second-order valence-corrected chi connectivity index (χ2v) is 7.44. The van der Waals surface area contributed by atoms with Crippen LogP contribution in [0.15, 0.2) is 77.9 Å². The summed E-state index contributed by atoms with van der Waals surface area (Å²) in [7, 11) is 0. The molecule has 0 fully saturated rings. The molecule has 3 aromatic carbocycles. The van der Waals surface area contributed by atoms with E-state index in [4.69, 9.17) is 4.74 Å². The standard InChI is InChI=1S/C26H26N4O4/c1-3-20-6-4-5-7-23(20)29-24(31)17-34-22-14-10-19(11-15-22)16-27-30-26(33)25(32)28-21-12-8-18(2)9-13-21/h4-16H,3,17H2,1-2H3,(H,28,32)(H,29,31)(H,30,33)/b27-16-. The van der Waals surface area contributed by atoms with Gasteiger partial charge in [-0.05, 0) is 66.9 Å². The summed E-state index contributed by atoms with van der Waals surface area (Å²) < 4.78 is 5.53. The van der Waals surface area contributed by atoms with Gasteiger partial charge in [0.05, 0.1) is 6.21 Å². The lowest BCUT2D eigenvalue weighted by molar-refractivity contribution is -0.136. The van der Waals surface area contributed by atoms with Gasteiger partial charge in [0.2, 0.25) is 0 Å². The van der Waals surface area contributed by atoms with Crippen molar-refractivity contribution < 1.29 is 19.1 Å². The maximum absolute atomic E-state index is 12.2. The van der Waals surface area contributed by atoms with E-state index in [0.717, 1.165) is 23.2 Å². The molecule has 0 aromatic heterocycles. The van der Waals surface area contributed by atoms with Gasteiger partial charge in [-0.15, -0.1) is 0 Å². The molecule has 3 N–H and O–H groups in total. The highest BCUT2D eigenvalue weighted by Crippen LogP contribution is 2.16. The van der Waals surface area contributed by atoms with Crippen LogP contribution in [0.5, 0.6) is 5.75 Å². The van der Waals surface area contributed by atoms with Crippen LogP contribution in [0.1, 0.15) is 23.6 Å². The van der Waals surface area contributed by atoms with Crippen LogP contribution in [-0.4, -0.2) is 30.5 Å². The summed E-state index contributed by atoms with van der Waals surface area (Å²) in [6.45, 7) is 3.83. The number of nitrogens with one attached hydrogen (secondary N) is 3. The summed E-state index contributed by atoms with van der Waals surface area (Å²) in [5.41, 5.74) is 6.26. The highest BCUT2D eigenvalue weighted by molar-refractivity contribution is 6.39. The normalized spacial score (nSPS) is 10.5. The first-order chi connectivity index (χ1) is 16.4. The molecule has 0 saturated carbocycles. The lowest BCUT2D eigenvalue weighted by atomic mass is 10.1. The highest BCUT2D eigenvalue weighted by atomic mass is 16.5. The number of hydrogen-bond donors (Lipinski definition) is 3. The number of amides is 3. The molecule has 0 heterocycles. The number of rotatable bonds is 8. The number of hydrogen-bond acceptors (Lipinski definition) is 5. The topological polar surface area (TPSA) is 109 Å². The Morgan fingerprint density at radius 1 is 0.882 bits per heavy atom. The average molecular weight is 459 g/mol. The maximum atomic E-state index is 12.2. The molecule has 0 unspecified atom stereocenters. The van der Waals surface area contributed by atoms with Gasteiger partial charge in [0.25, 0.3) is 5.91 Å². The number of aryl methyl sites for hydroxylation is 2. The minimum absolute atomic E-state index is 0.127. The van der Waals surface area contributed by atoms with E-state index in [1.807, 2.05) is 50.2 Å². The van der Waals surface area contributed by atoms with Crippen LogP contribution in [0, 0.1) is 6.92 Å².